The first-order valence-corrected chi connectivity index (χ1v) is 7.43. The number of rotatable bonds is 3. The number of thioether (sulfide) groups is 1. The molecule has 2 amide bonds. The van der Waals surface area contributed by atoms with Crippen molar-refractivity contribution in [2.45, 2.75) is 4.90 Å². The number of hydrogen-bond acceptors (Lipinski definition) is 3. The fourth-order valence-electron chi connectivity index (χ4n) is 1.72. The van der Waals surface area contributed by atoms with E-state index in [0.29, 0.717) is 16.6 Å². The standard InChI is InChI=1S/C16H14F2N2O2S/c1-20(2)16(22)23-14-5-3-4-13(9-14)19-15(21)10-6-11(17)8-12(18)7-10/h3-9H,1-2H3,(H,19,21). The fourth-order valence-corrected chi connectivity index (χ4v) is 2.43. The molecule has 0 fully saturated rings. The van der Waals surface area contributed by atoms with E-state index in [1.807, 2.05) is 0 Å². The number of halogens is 2. The molecule has 0 heterocycles. The number of hydrogen-bond donors (Lipinski definition) is 1. The van der Waals surface area contributed by atoms with Gasteiger partial charge >= 0.3 is 0 Å². The minimum absolute atomic E-state index is 0.120. The van der Waals surface area contributed by atoms with Gasteiger partial charge in [-0.2, -0.15) is 0 Å². The largest absolute Gasteiger partial charge is 0.339 e. The lowest BCUT2D eigenvalue weighted by Gasteiger charge is -2.10. The molecule has 0 saturated carbocycles. The Bertz CT molecular complexity index is 730. The van der Waals surface area contributed by atoms with Crippen LogP contribution in [0.25, 0.3) is 0 Å². The Morgan fingerprint density at radius 2 is 1.70 bits per heavy atom. The van der Waals surface area contributed by atoms with Crippen LogP contribution in [0.1, 0.15) is 10.4 Å². The first-order chi connectivity index (χ1) is 10.8. The number of benzene rings is 2. The minimum atomic E-state index is -0.823. The highest BCUT2D eigenvalue weighted by atomic mass is 32.2. The Kier molecular flexibility index (Phi) is 5.33. The third kappa shape index (κ3) is 4.79. The molecule has 0 atom stereocenters. The predicted molar refractivity (Wildman–Crippen MR) is 85.7 cm³/mol. The van der Waals surface area contributed by atoms with Gasteiger partial charge in [0.1, 0.15) is 11.6 Å². The lowest BCUT2D eigenvalue weighted by atomic mass is 10.2. The molecule has 1 N–H and O–H groups in total. The van der Waals surface area contributed by atoms with Crippen LogP contribution in [0, 0.1) is 11.6 Å². The molecule has 0 aromatic heterocycles. The molecule has 7 heteroatoms. The van der Waals surface area contributed by atoms with Crippen molar-refractivity contribution >= 4 is 28.6 Å². The Morgan fingerprint density at radius 1 is 1.04 bits per heavy atom. The van der Waals surface area contributed by atoms with Crippen LogP contribution in [-0.2, 0) is 0 Å². The smallest absolute Gasteiger partial charge is 0.285 e. The molecule has 0 aliphatic rings. The van der Waals surface area contributed by atoms with Crippen molar-refractivity contribution in [2.24, 2.45) is 0 Å². The Hall–Kier alpha value is -2.41. The van der Waals surface area contributed by atoms with Crippen LogP contribution >= 0.6 is 11.8 Å². The van der Waals surface area contributed by atoms with Crippen molar-refractivity contribution in [3.63, 3.8) is 0 Å². The van der Waals surface area contributed by atoms with Crippen molar-refractivity contribution in [2.75, 3.05) is 19.4 Å². The lowest BCUT2D eigenvalue weighted by molar-refractivity contribution is 0.102. The third-order valence-corrected chi connectivity index (χ3v) is 3.82. The van der Waals surface area contributed by atoms with Gasteiger partial charge in [0.25, 0.3) is 11.1 Å². The average molecular weight is 336 g/mol. The summed E-state index contributed by atoms with van der Waals surface area (Å²) >= 11 is 1.01. The molecule has 23 heavy (non-hydrogen) atoms. The van der Waals surface area contributed by atoms with Gasteiger partial charge in [0.05, 0.1) is 0 Å². The Morgan fingerprint density at radius 3 is 2.30 bits per heavy atom. The Balaban J connectivity index is 2.13. The van der Waals surface area contributed by atoms with Gasteiger partial charge in [0, 0.05) is 36.3 Å². The fraction of sp³-hybridized carbons (Fsp3) is 0.125. The maximum absolute atomic E-state index is 13.1. The predicted octanol–water partition coefficient (Wildman–Crippen LogP) is 3.99. The number of nitrogens with one attached hydrogen (secondary N) is 1. The van der Waals surface area contributed by atoms with E-state index in [9.17, 15) is 18.4 Å². The zero-order valence-corrected chi connectivity index (χ0v) is 13.3. The summed E-state index contributed by atoms with van der Waals surface area (Å²) in [6.07, 6.45) is 0. The topological polar surface area (TPSA) is 49.4 Å². The molecule has 0 aliphatic heterocycles. The molecule has 120 valence electrons. The van der Waals surface area contributed by atoms with Gasteiger partial charge < -0.3 is 10.2 Å². The summed E-state index contributed by atoms with van der Waals surface area (Å²) in [4.78, 5) is 25.8. The first-order valence-electron chi connectivity index (χ1n) is 6.62. The van der Waals surface area contributed by atoms with E-state index >= 15 is 0 Å². The van der Waals surface area contributed by atoms with Crippen LogP contribution in [0.5, 0.6) is 0 Å². The van der Waals surface area contributed by atoms with Gasteiger partial charge in [-0.15, -0.1) is 0 Å². The van der Waals surface area contributed by atoms with E-state index in [0.717, 1.165) is 23.9 Å². The van der Waals surface area contributed by atoms with Gasteiger partial charge in [0.15, 0.2) is 0 Å². The van der Waals surface area contributed by atoms with Crippen LogP contribution in [0.15, 0.2) is 47.4 Å². The summed E-state index contributed by atoms with van der Waals surface area (Å²) in [6, 6.07) is 9.23. The van der Waals surface area contributed by atoms with E-state index in [1.54, 1.807) is 38.4 Å². The highest BCUT2D eigenvalue weighted by Gasteiger charge is 2.11. The molecule has 0 bridgehead atoms. The average Bonchev–Trinajstić information content (AvgIpc) is 2.46. The highest BCUT2D eigenvalue weighted by molar-refractivity contribution is 8.13. The third-order valence-electron chi connectivity index (χ3n) is 2.79. The van der Waals surface area contributed by atoms with E-state index in [1.165, 1.54) is 4.90 Å². The highest BCUT2D eigenvalue weighted by Crippen LogP contribution is 2.24. The van der Waals surface area contributed by atoms with Crippen molar-refractivity contribution in [3.05, 3.63) is 59.7 Å². The first kappa shape index (κ1) is 17.0. The van der Waals surface area contributed by atoms with Crippen LogP contribution in [0.2, 0.25) is 0 Å². The normalized spacial score (nSPS) is 10.3. The second-order valence-corrected chi connectivity index (χ2v) is 5.93. The lowest BCUT2D eigenvalue weighted by Crippen LogP contribution is -2.16. The van der Waals surface area contributed by atoms with Crippen LogP contribution in [0.3, 0.4) is 0 Å². The number of amides is 2. The summed E-state index contributed by atoms with van der Waals surface area (Å²) in [5.41, 5.74) is 0.307. The van der Waals surface area contributed by atoms with Gasteiger partial charge in [-0.25, -0.2) is 8.78 Å². The molecule has 2 rings (SSSR count). The second kappa shape index (κ2) is 7.23. The molecular weight excluding hydrogens is 322 g/mol. The molecular formula is C16H14F2N2O2S. The van der Waals surface area contributed by atoms with Crippen molar-refractivity contribution in [3.8, 4) is 0 Å². The van der Waals surface area contributed by atoms with Crippen molar-refractivity contribution < 1.29 is 18.4 Å². The summed E-state index contributed by atoms with van der Waals surface area (Å²) in [5, 5.41) is 2.39. The number of carbonyl (C=O) groups excluding carboxylic acids is 2. The minimum Gasteiger partial charge on any atom is -0.339 e. The van der Waals surface area contributed by atoms with Crippen LogP contribution < -0.4 is 5.32 Å². The summed E-state index contributed by atoms with van der Waals surface area (Å²) in [7, 11) is 3.28. The molecule has 0 unspecified atom stereocenters. The number of carbonyl (C=O) groups is 2. The van der Waals surface area contributed by atoms with Gasteiger partial charge in [-0.05, 0) is 42.1 Å². The molecule has 4 nitrogen and oxygen atoms in total. The maximum Gasteiger partial charge on any atom is 0.285 e. The van der Waals surface area contributed by atoms with E-state index in [4.69, 9.17) is 0 Å². The molecule has 0 aliphatic carbocycles. The summed E-state index contributed by atoms with van der Waals surface area (Å²) in [6.45, 7) is 0. The summed E-state index contributed by atoms with van der Waals surface area (Å²) in [5.74, 6) is -2.28. The van der Waals surface area contributed by atoms with E-state index in [-0.39, 0.29) is 10.8 Å². The van der Waals surface area contributed by atoms with Crippen LogP contribution in [0.4, 0.5) is 19.3 Å². The molecule has 0 saturated heterocycles. The second-order valence-electron chi connectivity index (χ2n) is 4.90. The van der Waals surface area contributed by atoms with Gasteiger partial charge in [-0.3, -0.25) is 9.59 Å². The molecule has 2 aromatic carbocycles. The van der Waals surface area contributed by atoms with Crippen molar-refractivity contribution in [1.29, 1.82) is 0 Å². The monoisotopic (exact) mass is 336 g/mol. The van der Waals surface area contributed by atoms with E-state index < -0.39 is 17.5 Å². The van der Waals surface area contributed by atoms with Gasteiger partial charge in [-0.1, -0.05) is 6.07 Å². The van der Waals surface area contributed by atoms with Crippen LogP contribution in [-0.4, -0.2) is 30.1 Å². The van der Waals surface area contributed by atoms with Gasteiger partial charge in [0.2, 0.25) is 0 Å². The zero-order valence-electron chi connectivity index (χ0n) is 12.5. The number of anilines is 1. The maximum atomic E-state index is 13.1. The summed E-state index contributed by atoms with van der Waals surface area (Å²) < 4.78 is 26.3. The Labute approximate surface area is 136 Å². The quantitative estimate of drug-likeness (QED) is 0.862. The zero-order chi connectivity index (χ0) is 17.0. The van der Waals surface area contributed by atoms with E-state index in [2.05, 4.69) is 5.32 Å². The molecule has 2 aromatic rings. The molecule has 0 radical (unpaired) electrons. The number of nitrogens with zero attached hydrogens (tertiary/aromatic N) is 1. The SMILES string of the molecule is CN(C)C(=O)Sc1cccc(NC(=O)c2cc(F)cc(F)c2)c1. The van der Waals surface area contributed by atoms with Crippen molar-refractivity contribution in [1.82, 2.24) is 4.90 Å². The molecule has 0 spiro atoms.